The number of aryl methyl sites for hydroxylation is 2. The van der Waals surface area contributed by atoms with Gasteiger partial charge in [0.2, 0.25) is 5.13 Å². The highest BCUT2D eigenvalue weighted by molar-refractivity contribution is 8.00. The van der Waals surface area contributed by atoms with Gasteiger partial charge in [0.15, 0.2) is 4.34 Å². The van der Waals surface area contributed by atoms with E-state index in [1.807, 2.05) is 54.6 Å². The predicted molar refractivity (Wildman–Crippen MR) is 162 cm³/mol. The normalized spacial score (nSPS) is 11.2. The maximum Gasteiger partial charge on any atom is 0.267 e. The molecule has 0 aliphatic heterocycles. The van der Waals surface area contributed by atoms with Crippen molar-refractivity contribution in [1.29, 1.82) is 5.41 Å². The van der Waals surface area contributed by atoms with E-state index in [4.69, 9.17) is 22.0 Å². The van der Waals surface area contributed by atoms with Gasteiger partial charge in [0.1, 0.15) is 16.8 Å². The fourth-order valence-electron chi connectivity index (χ4n) is 4.40. The Bertz CT molecular complexity index is 2020. The molecule has 0 bridgehead atoms. The number of rotatable bonds is 8. The van der Waals surface area contributed by atoms with Gasteiger partial charge in [-0.05, 0) is 41.8 Å². The first-order valence-corrected chi connectivity index (χ1v) is 14.8. The molecule has 0 aliphatic rings. The van der Waals surface area contributed by atoms with Gasteiger partial charge in [0.05, 0.1) is 10.9 Å². The number of nitrogens with zero attached hydrogens (tertiary/aromatic N) is 5. The Hall–Kier alpha value is -4.32. The van der Waals surface area contributed by atoms with Gasteiger partial charge in [-0.2, -0.15) is 0 Å². The van der Waals surface area contributed by atoms with Gasteiger partial charge in [0, 0.05) is 23.5 Å². The Morgan fingerprint density at radius 1 is 1.02 bits per heavy atom. The second-order valence-electron chi connectivity index (χ2n) is 9.08. The summed E-state index contributed by atoms with van der Waals surface area (Å²) in [6, 6.07) is 24.1. The minimum Gasteiger partial charge on any atom is -0.310 e. The molecule has 0 spiro atoms. The largest absolute Gasteiger partial charge is 0.310 e. The van der Waals surface area contributed by atoms with E-state index in [9.17, 15) is 9.59 Å². The van der Waals surface area contributed by atoms with E-state index >= 15 is 0 Å². The number of nitrogens with one attached hydrogen (secondary N) is 2. The monoisotopic (exact) mass is 599 g/mol. The second kappa shape index (κ2) is 11.7. The number of anilines is 1. The molecule has 0 saturated heterocycles. The van der Waals surface area contributed by atoms with Crippen LogP contribution in [-0.2, 0) is 18.7 Å². The van der Waals surface area contributed by atoms with Crippen LogP contribution in [0.2, 0.25) is 5.02 Å². The van der Waals surface area contributed by atoms with Crippen molar-refractivity contribution in [2.45, 2.75) is 23.1 Å². The minimum absolute atomic E-state index is 0.0424. The molecule has 0 saturated carbocycles. The Balaban J connectivity index is 1.33. The summed E-state index contributed by atoms with van der Waals surface area (Å²) in [7, 11) is 0. The molecule has 4 heterocycles. The predicted octanol–water partition coefficient (Wildman–Crippen LogP) is 5.42. The van der Waals surface area contributed by atoms with Crippen LogP contribution in [0.15, 0.2) is 94.2 Å². The number of hydrogen-bond donors (Lipinski definition) is 2. The Kier molecular flexibility index (Phi) is 7.64. The third-order valence-corrected chi connectivity index (χ3v) is 8.86. The highest BCUT2D eigenvalue weighted by atomic mass is 35.5. The van der Waals surface area contributed by atoms with Crippen LogP contribution in [0.1, 0.15) is 21.5 Å². The minimum atomic E-state index is -0.554. The Morgan fingerprint density at radius 2 is 1.80 bits per heavy atom. The van der Waals surface area contributed by atoms with Crippen molar-refractivity contribution in [1.82, 2.24) is 24.1 Å². The molecule has 4 aromatic heterocycles. The topological polar surface area (TPSA) is 118 Å². The molecule has 41 heavy (non-hydrogen) atoms. The summed E-state index contributed by atoms with van der Waals surface area (Å²) in [4.78, 5) is 31.6. The first-order chi connectivity index (χ1) is 20.0. The highest BCUT2D eigenvalue weighted by Gasteiger charge is 2.19. The smallest absolute Gasteiger partial charge is 0.267 e. The van der Waals surface area contributed by atoms with E-state index in [-0.39, 0.29) is 22.0 Å². The molecule has 6 aromatic rings. The van der Waals surface area contributed by atoms with Crippen molar-refractivity contribution < 1.29 is 4.79 Å². The zero-order valence-electron chi connectivity index (χ0n) is 21.5. The molecule has 9 nitrogen and oxygen atoms in total. The van der Waals surface area contributed by atoms with Gasteiger partial charge in [0.25, 0.3) is 11.5 Å². The van der Waals surface area contributed by atoms with E-state index in [0.29, 0.717) is 44.5 Å². The molecular formula is C29H22ClN7O2S2. The number of halogens is 1. The van der Waals surface area contributed by atoms with Crippen LogP contribution in [-0.4, -0.2) is 30.1 Å². The fraction of sp³-hybridized carbons (Fsp3) is 0.103. The van der Waals surface area contributed by atoms with Gasteiger partial charge in [-0.15, -0.1) is 10.2 Å². The second-order valence-corrected chi connectivity index (χ2v) is 11.7. The number of carbonyl (C=O) groups excluding carboxylic acids is 1. The van der Waals surface area contributed by atoms with Gasteiger partial charge in [-0.3, -0.25) is 24.7 Å². The standard InChI is InChI=1S/C29H22ClN7O2S2/c30-22-11-5-4-10-19(22)17-40-29-35-34-28(41-29)33-26(38)20-16-21-25(32-23-12-6-7-14-36(23)27(21)39)37(24(20)31)15-13-18-8-2-1-3-9-18/h1-12,14,16,31H,13,15,17H2,(H,33,34,38). The summed E-state index contributed by atoms with van der Waals surface area (Å²) in [6.07, 6.45) is 2.23. The Labute approximate surface area is 247 Å². The molecule has 0 aliphatic carbocycles. The quantitative estimate of drug-likeness (QED) is 0.137. The molecule has 0 fully saturated rings. The van der Waals surface area contributed by atoms with Crippen LogP contribution in [0.5, 0.6) is 0 Å². The van der Waals surface area contributed by atoms with Crippen molar-refractivity contribution in [2.75, 3.05) is 5.32 Å². The fourth-order valence-corrected chi connectivity index (χ4v) is 6.43. The zero-order valence-corrected chi connectivity index (χ0v) is 23.8. The van der Waals surface area contributed by atoms with Crippen LogP contribution in [0.25, 0.3) is 16.7 Å². The van der Waals surface area contributed by atoms with Crippen LogP contribution < -0.4 is 16.4 Å². The summed E-state index contributed by atoms with van der Waals surface area (Å²) in [5.41, 5.74) is 2.54. The van der Waals surface area contributed by atoms with Crippen molar-refractivity contribution in [3.05, 3.63) is 123 Å². The zero-order chi connectivity index (χ0) is 28.3. The lowest BCUT2D eigenvalue weighted by Gasteiger charge is -2.14. The van der Waals surface area contributed by atoms with Crippen molar-refractivity contribution in [3.8, 4) is 0 Å². The molecule has 0 atom stereocenters. The van der Waals surface area contributed by atoms with E-state index in [0.717, 1.165) is 11.1 Å². The molecule has 2 N–H and O–H groups in total. The highest BCUT2D eigenvalue weighted by Crippen LogP contribution is 2.30. The van der Waals surface area contributed by atoms with Gasteiger partial charge >= 0.3 is 0 Å². The number of fused-ring (bicyclic) bond motifs is 2. The van der Waals surface area contributed by atoms with Gasteiger partial charge in [-0.1, -0.05) is 89.3 Å². The number of hydrogen-bond acceptors (Lipinski definition) is 8. The SMILES string of the molecule is N=c1c(C(=O)Nc2nnc(SCc3ccccc3Cl)s2)cc2c(=O)n3ccccc3nc2n1CCc1ccccc1. The average molecular weight is 600 g/mol. The molecule has 0 radical (unpaired) electrons. The molecule has 6 rings (SSSR count). The lowest BCUT2D eigenvalue weighted by atomic mass is 10.1. The van der Waals surface area contributed by atoms with Crippen LogP contribution in [0.3, 0.4) is 0 Å². The number of aromatic nitrogens is 5. The van der Waals surface area contributed by atoms with Crippen LogP contribution in [0.4, 0.5) is 5.13 Å². The van der Waals surface area contributed by atoms with Crippen molar-refractivity contribution in [2.24, 2.45) is 0 Å². The van der Waals surface area contributed by atoms with Crippen molar-refractivity contribution in [3.63, 3.8) is 0 Å². The number of pyridine rings is 2. The third kappa shape index (κ3) is 5.64. The summed E-state index contributed by atoms with van der Waals surface area (Å²) in [5.74, 6) is 0.0533. The van der Waals surface area contributed by atoms with Crippen LogP contribution in [0, 0.1) is 5.41 Å². The molecule has 2 aromatic carbocycles. The molecular weight excluding hydrogens is 578 g/mol. The average Bonchev–Trinajstić information content (AvgIpc) is 3.44. The lowest BCUT2D eigenvalue weighted by molar-refractivity contribution is 0.102. The number of benzene rings is 2. The third-order valence-electron chi connectivity index (χ3n) is 6.47. The van der Waals surface area contributed by atoms with E-state index in [1.54, 1.807) is 29.0 Å². The number of thioether (sulfide) groups is 1. The molecule has 204 valence electrons. The van der Waals surface area contributed by atoms with E-state index in [2.05, 4.69) is 15.5 Å². The first-order valence-electron chi connectivity index (χ1n) is 12.6. The number of carbonyl (C=O) groups is 1. The Morgan fingerprint density at radius 3 is 2.63 bits per heavy atom. The summed E-state index contributed by atoms with van der Waals surface area (Å²) in [5, 5.41) is 21.2. The summed E-state index contributed by atoms with van der Waals surface area (Å²) in [6.45, 7) is 0.359. The van der Waals surface area contributed by atoms with E-state index < -0.39 is 5.91 Å². The van der Waals surface area contributed by atoms with Crippen molar-refractivity contribution >= 4 is 62.4 Å². The van der Waals surface area contributed by atoms with Gasteiger partial charge < -0.3 is 4.57 Å². The molecule has 12 heteroatoms. The maximum atomic E-state index is 13.5. The summed E-state index contributed by atoms with van der Waals surface area (Å²) >= 11 is 8.94. The maximum absolute atomic E-state index is 13.5. The lowest BCUT2D eigenvalue weighted by Crippen LogP contribution is -2.32. The summed E-state index contributed by atoms with van der Waals surface area (Å²) < 4.78 is 3.72. The molecule has 0 unspecified atom stereocenters. The first kappa shape index (κ1) is 26.9. The van der Waals surface area contributed by atoms with Gasteiger partial charge in [-0.25, -0.2) is 4.98 Å². The van der Waals surface area contributed by atoms with E-state index in [1.165, 1.54) is 33.6 Å². The van der Waals surface area contributed by atoms with Crippen LogP contribution >= 0.6 is 34.7 Å². The molecule has 1 amide bonds. The number of amides is 1.